The molecule has 0 aromatic heterocycles. The molecule has 1 aliphatic heterocycles. The lowest BCUT2D eigenvalue weighted by Gasteiger charge is -2.44. The van der Waals surface area contributed by atoms with Crippen molar-refractivity contribution in [3.8, 4) is 0 Å². The number of methoxy groups -OCH3 is 1. The zero-order chi connectivity index (χ0) is 11.9. The van der Waals surface area contributed by atoms with Crippen molar-refractivity contribution in [1.82, 2.24) is 0 Å². The van der Waals surface area contributed by atoms with Crippen LogP contribution in [0.5, 0.6) is 0 Å². The van der Waals surface area contributed by atoms with Gasteiger partial charge in [0.25, 0.3) is 0 Å². The molecule has 0 aromatic carbocycles. The van der Waals surface area contributed by atoms with Gasteiger partial charge in [0.15, 0.2) is 5.78 Å². The van der Waals surface area contributed by atoms with Crippen molar-refractivity contribution in [2.24, 2.45) is 11.8 Å². The van der Waals surface area contributed by atoms with Gasteiger partial charge in [0.1, 0.15) is 12.7 Å². The van der Waals surface area contributed by atoms with E-state index < -0.39 is 17.8 Å². The number of carbonyl (C=O) groups is 1. The molecule has 1 heterocycles. The van der Waals surface area contributed by atoms with Gasteiger partial charge in [-0.05, 0) is 19.3 Å². The Kier molecular flexibility index (Phi) is 3.05. The van der Waals surface area contributed by atoms with E-state index >= 15 is 0 Å². The second kappa shape index (κ2) is 4.07. The van der Waals surface area contributed by atoms with Crippen LogP contribution in [0, 0.1) is 11.8 Å². The lowest BCUT2D eigenvalue weighted by molar-refractivity contribution is -0.175. The Bertz CT molecular complexity index is 288. The van der Waals surface area contributed by atoms with Crippen LogP contribution in [-0.4, -0.2) is 54.1 Å². The first-order valence-electron chi connectivity index (χ1n) is 5.51. The van der Waals surface area contributed by atoms with Crippen LogP contribution in [0.3, 0.4) is 0 Å². The van der Waals surface area contributed by atoms with Crippen molar-refractivity contribution in [3.63, 3.8) is 0 Å². The largest absolute Gasteiger partial charge is 0.387 e. The Morgan fingerprint density at radius 1 is 1.62 bits per heavy atom. The maximum absolute atomic E-state index is 11.7. The number of carbonyl (C=O) groups excluding carboxylic acids is 1. The minimum atomic E-state index is -1.21. The Balaban J connectivity index is 2.23. The van der Waals surface area contributed by atoms with E-state index in [9.17, 15) is 15.0 Å². The molecule has 2 fully saturated rings. The summed E-state index contributed by atoms with van der Waals surface area (Å²) >= 11 is 0. The fourth-order valence-electron chi connectivity index (χ4n) is 2.89. The van der Waals surface area contributed by atoms with Crippen LogP contribution in [0.15, 0.2) is 0 Å². The smallest absolute Gasteiger partial charge is 0.164 e. The summed E-state index contributed by atoms with van der Waals surface area (Å²) in [5.41, 5.74) is -1.21. The third-order valence-corrected chi connectivity index (χ3v) is 3.66. The van der Waals surface area contributed by atoms with Crippen molar-refractivity contribution >= 4 is 5.78 Å². The van der Waals surface area contributed by atoms with Gasteiger partial charge in [0, 0.05) is 13.7 Å². The van der Waals surface area contributed by atoms with Gasteiger partial charge < -0.3 is 19.7 Å². The average molecular weight is 230 g/mol. The first-order valence-corrected chi connectivity index (χ1v) is 5.51. The van der Waals surface area contributed by atoms with Crippen molar-refractivity contribution in [3.05, 3.63) is 0 Å². The van der Waals surface area contributed by atoms with Gasteiger partial charge in [-0.15, -0.1) is 0 Å². The molecule has 2 N–H and O–H groups in total. The van der Waals surface area contributed by atoms with Crippen LogP contribution in [0.2, 0.25) is 0 Å². The molecule has 0 aromatic rings. The highest BCUT2D eigenvalue weighted by atomic mass is 16.5. The number of ether oxygens (including phenoxy) is 2. The predicted octanol–water partition coefficient (Wildman–Crippen LogP) is -0.651. The topological polar surface area (TPSA) is 76.0 Å². The summed E-state index contributed by atoms with van der Waals surface area (Å²) in [6.45, 7) is 2.00. The number of ketones is 1. The molecule has 0 spiro atoms. The van der Waals surface area contributed by atoms with Crippen molar-refractivity contribution in [1.29, 1.82) is 0 Å². The third kappa shape index (κ3) is 1.78. The fraction of sp³-hybridized carbons (Fsp3) is 0.909. The maximum atomic E-state index is 11.7. The van der Waals surface area contributed by atoms with E-state index in [1.165, 1.54) is 0 Å². The lowest BCUT2D eigenvalue weighted by atomic mass is 9.68. The van der Waals surface area contributed by atoms with E-state index in [2.05, 4.69) is 0 Å². The summed E-state index contributed by atoms with van der Waals surface area (Å²) in [5, 5.41) is 20.0. The molecular weight excluding hydrogens is 212 g/mol. The summed E-state index contributed by atoms with van der Waals surface area (Å²) in [6, 6.07) is 0. The Morgan fingerprint density at radius 2 is 2.31 bits per heavy atom. The van der Waals surface area contributed by atoms with Gasteiger partial charge in [0.2, 0.25) is 0 Å². The van der Waals surface area contributed by atoms with Crippen LogP contribution in [0.4, 0.5) is 0 Å². The van der Waals surface area contributed by atoms with Gasteiger partial charge in [-0.1, -0.05) is 0 Å². The number of rotatable bonds is 2. The second-order valence-electron chi connectivity index (χ2n) is 4.99. The Morgan fingerprint density at radius 3 is 2.94 bits per heavy atom. The van der Waals surface area contributed by atoms with Crippen LogP contribution in [-0.2, 0) is 14.3 Å². The van der Waals surface area contributed by atoms with E-state index in [-0.39, 0.29) is 24.2 Å². The van der Waals surface area contributed by atoms with Crippen molar-refractivity contribution < 1.29 is 24.5 Å². The fourth-order valence-corrected chi connectivity index (χ4v) is 2.89. The van der Waals surface area contributed by atoms with Gasteiger partial charge in [-0.2, -0.15) is 0 Å². The van der Waals surface area contributed by atoms with Gasteiger partial charge >= 0.3 is 0 Å². The van der Waals surface area contributed by atoms with Crippen molar-refractivity contribution in [2.45, 2.75) is 31.2 Å². The normalized spacial score (nSPS) is 48.1. The molecule has 5 heteroatoms. The maximum Gasteiger partial charge on any atom is 0.164 e. The molecule has 2 rings (SSSR count). The number of hydrogen-bond acceptors (Lipinski definition) is 5. The highest BCUT2D eigenvalue weighted by molar-refractivity contribution is 5.85. The third-order valence-electron chi connectivity index (χ3n) is 3.66. The highest BCUT2D eigenvalue weighted by Crippen LogP contribution is 2.41. The van der Waals surface area contributed by atoms with Crippen LogP contribution in [0.25, 0.3) is 0 Å². The first kappa shape index (κ1) is 12.0. The van der Waals surface area contributed by atoms with Crippen LogP contribution >= 0.6 is 0 Å². The van der Waals surface area contributed by atoms with Crippen LogP contribution < -0.4 is 0 Å². The molecule has 92 valence electrons. The van der Waals surface area contributed by atoms with E-state index in [0.717, 1.165) is 0 Å². The highest BCUT2D eigenvalue weighted by Gasteiger charge is 2.55. The molecule has 1 aliphatic carbocycles. The van der Waals surface area contributed by atoms with E-state index in [1.54, 1.807) is 14.0 Å². The van der Waals surface area contributed by atoms with E-state index in [4.69, 9.17) is 9.47 Å². The minimum Gasteiger partial charge on any atom is -0.387 e. The van der Waals surface area contributed by atoms with E-state index in [0.29, 0.717) is 13.0 Å². The number of hydrogen-bond donors (Lipinski definition) is 2. The molecule has 0 bridgehead atoms. The summed E-state index contributed by atoms with van der Waals surface area (Å²) in [4.78, 5) is 11.7. The molecule has 5 atom stereocenters. The summed E-state index contributed by atoms with van der Waals surface area (Å²) in [7, 11) is 1.56. The second-order valence-corrected chi connectivity index (χ2v) is 4.99. The lowest BCUT2D eigenvalue weighted by Crippen LogP contribution is -2.57. The zero-order valence-electron chi connectivity index (χ0n) is 9.55. The number of Topliss-reactive ketones (excluding diaryl/α,β-unsaturated/α-hetero) is 1. The van der Waals surface area contributed by atoms with Gasteiger partial charge in [0.05, 0.1) is 17.6 Å². The molecule has 0 amide bonds. The SMILES string of the molecule is COC[C@H]1C[C@](C)(O)[C@H](O)[C@@H]2OCC(=O)[C@H]12. The molecule has 2 aliphatic rings. The molecular formula is C11H18O5. The zero-order valence-corrected chi connectivity index (χ0v) is 9.55. The summed E-state index contributed by atoms with van der Waals surface area (Å²) in [6.07, 6.45) is -1.23. The molecule has 0 radical (unpaired) electrons. The molecule has 1 saturated heterocycles. The molecule has 0 unspecified atom stereocenters. The quantitative estimate of drug-likeness (QED) is 0.659. The summed E-state index contributed by atoms with van der Waals surface area (Å²) in [5.74, 6) is -0.417. The molecule has 16 heavy (non-hydrogen) atoms. The molecule has 5 nitrogen and oxygen atoms in total. The van der Waals surface area contributed by atoms with Gasteiger partial charge in [-0.3, -0.25) is 4.79 Å². The average Bonchev–Trinajstić information content (AvgIpc) is 2.57. The number of aliphatic hydroxyl groups excluding tert-OH is 1. The van der Waals surface area contributed by atoms with Gasteiger partial charge in [-0.25, -0.2) is 0 Å². The monoisotopic (exact) mass is 230 g/mol. The predicted molar refractivity (Wildman–Crippen MR) is 54.9 cm³/mol. The van der Waals surface area contributed by atoms with Crippen LogP contribution in [0.1, 0.15) is 13.3 Å². The summed E-state index contributed by atoms with van der Waals surface area (Å²) < 4.78 is 10.3. The standard InChI is InChI=1S/C11H18O5/c1-11(14)3-6(4-15-2)8-7(12)5-16-9(8)10(11)13/h6,8-10,13-14H,3-5H2,1-2H3/t6-,8+,9-,10-,11+/m1/s1. The minimum absolute atomic E-state index is 0.00148. The van der Waals surface area contributed by atoms with Crippen molar-refractivity contribution in [2.75, 3.05) is 20.3 Å². The number of aliphatic hydroxyl groups is 2. The molecule has 1 saturated carbocycles. The number of fused-ring (bicyclic) bond motifs is 1. The Labute approximate surface area is 94.4 Å². The Hall–Kier alpha value is -0.490. The first-order chi connectivity index (χ1) is 7.47. The van der Waals surface area contributed by atoms with E-state index in [1.807, 2.05) is 0 Å².